The van der Waals surface area contributed by atoms with E-state index in [1.54, 1.807) is 7.11 Å². The van der Waals surface area contributed by atoms with Crippen molar-refractivity contribution in [3.8, 4) is 16.9 Å². The van der Waals surface area contributed by atoms with E-state index in [-0.39, 0.29) is 12.0 Å². The van der Waals surface area contributed by atoms with Crippen LogP contribution in [0.2, 0.25) is 0 Å². The first-order valence-electron chi connectivity index (χ1n) is 10.8. The minimum atomic E-state index is -0.312. The summed E-state index contributed by atoms with van der Waals surface area (Å²) in [5, 5.41) is 0. The van der Waals surface area contributed by atoms with Crippen LogP contribution in [0.25, 0.3) is 11.1 Å². The predicted octanol–water partition coefficient (Wildman–Crippen LogP) is 2.46. The molecule has 0 saturated carbocycles. The van der Waals surface area contributed by atoms with Gasteiger partial charge in [-0.05, 0) is 30.8 Å². The summed E-state index contributed by atoms with van der Waals surface area (Å²) in [6.07, 6.45) is 1.52. The summed E-state index contributed by atoms with van der Waals surface area (Å²) in [4.78, 5) is 28.1. The van der Waals surface area contributed by atoms with Gasteiger partial charge in [0.05, 0.1) is 32.5 Å². The van der Waals surface area contributed by atoms with Gasteiger partial charge in [-0.25, -0.2) is 9.97 Å². The number of aromatic nitrogens is 2. The number of methoxy groups -OCH3 is 1. The molecule has 1 aromatic carbocycles. The highest BCUT2D eigenvalue weighted by atomic mass is 16.5. The molecule has 0 unspecified atom stereocenters. The third kappa shape index (κ3) is 5.51. The van der Waals surface area contributed by atoms with E-state index in [1.807, 2.05) is 54.4 Å². The van der Waals surface area contributed by atoms with Crippen molar-refractivity contribution in [2.24, 2.45) is 0 Å². The first kappa shape index (κ1) is 23.0. The number of ether oxygens (including phenoxy) is 2. The lowest BCUT2D eigenvalue weighted by Gasteiger charge is -2.34. The number of likely N-dealkylation sites (N-methyl/N-ethyl adjacent to an activating group) is 1. The molecular weight excluding hydrogens is 394 g/mol. The van der Waals surface area contributed by atoms with Gasteiger partial charge in [0.2, 0.25) is 11.9 Å². The number of hydrogen-bond acceptors (Lipinski definition) is 7. The third-order valence-electron chi connectivity index (χ3n) is 5.58. The molecule has 1 atom stereocenters. The second kappa shape index (κ2) is 10.5. The van der Waals surface area contributed by atoms with Gasteiger partial charge in [-0.1, -0.05) is 26.0 Å². The fourth-order valence-corrected chi connectivity index (χ4v) is 3.62. The molecular formula is C23H33N5O3. The van der Waals surface area contributed by atoms with Gasteiger partial charge >= 0.3 is 0 Å². The Balaban J connectivity index is 1.90. The Hall–Kier alpha value is -2.71. The summed E-state index contributed by atoms with van der Waals surface area (Å²) in [6, 6.07) is 7.81. The molecule has 0 N–H and O–H groups in total. The number of carbonyl (C=O) groups is 1. The van der Waals surface area contributed by atoms with Crippen molar-refractivity contribution in [3.63, 3.8) is 0 Å². The highest BCUT2D eigenvalue weighted by Crippen LogP contribution is 2.32. The van der Waals surface area contributed by atoms with Crippen LogP contribution >= 0.6 is 0 Å². The number of rotatable bonds is 8. The van der Waals surface area contributed by atoms with E-state index < -0.39 is 0 Å². The van der Waals surface area contributed by atoms with Crippen LogP contribution in [0.3, 0.4) is 0 Å². The second-order valence-corrected chi connectivity index (χ2v) is 7.75. The molecule has 0 radical (unpaired) electrons. The standard InChI is InChI=1S/C23H33N5O3/c1-6-27(7-2)16-21(29)28-12-13-31-20(15-28)22-19(14-24-23(25-22)26(3)4)17-8-10-18(30-5)11-9-17/h8-11,14,20H,6-7,12-13,15-16H2,1-5H3/t20-/m0/s1. The Morgan fingerprint density at radius 1 is 1.23 bits per heavy atom. The van der Waals surface area contributed by atoms with Gasteiger partial charge in [0.25, 0.3) is 0 Å². The number of morpholine rings is 1. The fraction of sp³-hybridized carbons (Fsp3) is 0.522. The summed E-state index contributed by atoms with van der Waals surface area (Å²) in [5.41, 5.74) is 2.68. The number of carbonyl (C=O) groups excluding carboxylic acids is 1. The Morgan fingerprint density at radius 2 is 1.94 bits per heavy atom. The topological polar surface area (TPSA) is 71.0 Å². The van der Waals surface area contributed by atoms with Gasteiger partial charge < -0.3 is 19.3 Å². The number of benzene rings is 1. The minimum absolute atomic E-state index is 0.130. The molecule has 0 bridgehead atoms. The molecule has 1 aliphatic heterocycles. The lowest BCUT2D eigenvalue weighted by Crippen LogP contribution is -2.46. The number of hydrogen-bond donors (Lipinski definition) is 0. The Labute approximate surface area is 184 Å². The molecule has 168 valence electrons. The summed E-state index contributed by atoms with van der Waals surface area (Å²) >= 11 is 0. The van der Waals surface area contributed by atoms with E-state index >= 15 is 0 Å². The van der Waals surface area contributed by atoms with Gasteiger partial charge in [0.1, 0.15) is 11.9 Å². The largest absolute Gasteiger partial charge is 0.497 e. The van der Waals surface area contributed by atoms with Crippen molar-refractivity contribution in [2.45, 2.75) is 20.0 Å². The minimum Gasteiger partial charge on any atom is -0.497 e. The van der Waals surface area contributed by atoms with E-state index in [9.17, 15) is 4.79 Å². The molecule has 1 aromatic heterocycles. The van der Waals surface area contributed by atoms with Crippen LogP contribution in [0, 0.1) is 0 Å². The van der Waals surface area contributed by atoms with E-state index in [0.29, 0.717) is 32.2 Å². The summed E-state index contributed by atoms with van der Waals surface area (Å²) in [5.74, 6) is 1.53. The predicted molar refractivity (Wildman–Crippen MR) is 121 cm³/mol. The summed E-state index contributed by atoms with van der Waals surface area (Å²) < 4.78 is 11.4. The summed E-state index contributed by atoms with van der Waals surface area (Å²) in [6.45, 7) is 7.85. The van der Waals surface area contributed by atoms with Crippen LogP contribution in [0.15, 0.2) is 30.5 Å². The normalized spacial score (nSPS) is 16.5. The van der Waals surface area contributed by atoms with Crippen LogP contribution < -0.4 is 9.64 Å². The van der Waals surface area contributed by atoms with Crippen molar-refractivity contribution in [2.75, 3.05) is 65.4 Å². The lowest BCUT2D eigenvalue weighted by atomic mass is 10.0. The highest BCUT2D eigenvalue weighted by molar-refractivity contribution is 5.78. The Bertz CT molecular complexity index is 868. The van der Waals surface area contributed by atoms with Gasteiger partial charge in [-0.15, -0.1) is 0 Å². The molecule has 2 heterocycles. The van der Waals surface area contributed by atoms with Gasteiger partial charge in [0, 0.05) is 32.4 Å². The van der Waals surface area contributed by atoms with Gasteiger partial charge in [-0.3, -0.25) is 9.69 Å². The molecule has 1 amide bonds. The molecule has 2 aromatic rings. The zero-order valence-electron chi connectivity index (χ0n) is 19.2. The monoisotopic (exact) mass is 427 g/mol. The van der Waals surface area contributed by atoms with E-state index in [1.165, 1.54) is 0 Å². The van der Waals surface area contributed by atoms with E-state index in [0.717, 1.165) is 35.7 Å². The number of anilines is 1. The molecule has 8 heteroatoms. The molecule has 31 heavy (non-hydrogen) atoms. The zero-order chi connectivity index (χ0) is 22.4. The second-order valence-electron chi connectivity index (χ2n) is 7.75. The molecule has 0 aliphatic carbocycles. The van der Waals surface area contributed by atoms with Crippen LogP contribution in [-0.2, 0) is 9.53 Å². The Kier molecular flexibility index (Phi) is 7.81. The maximum Gasteiger partial charge on any atom is 0.236 e. The quantitative estimate of drug-likeness (QED) is 0.641. The van der Waals surface area contributed by atoms with Crippen molar-refractivity contribution in [1.82, 2.24) is 19.8 Å². The first-order chi connectivity index (χ1) is 15.0. The van der Waals surface area contributed by atoms with E-state index in [2.05, 4.69) is 23.7 Å². The highest BCUT2D eigenvalue weighted by Gasteiger charge is 2.29. The molecule has 1 aliphatic rings. The zero-order valence-corrected chi connectivity index (χ0v) is 19.2. The van der Waals surface area contributed by atoms with Gasteiger partial charge in [-0.2, -0.15) is 0 Å². The van der Waals surface area contributed by atoms with Crippen molar-refractivity contribution >= 4 is 11.9 Å². The van der Waals surface area contributed by atoms with Crippen LogP contribution in [0.1, 0.15) is 25.6 Å². The maximum absolute atomic E-state index is 12.9. The van der Waals surface area contributed by atoms with Crippen molar-refractivity contribution in [3.05, 3.63) is 36.2 Å². The number of amides is 1. The van der Waals surface area contributed by atoms with Crippen LogP contribution in [-0.4, -0.2) is 86.2 Å². The SMILES string of the molecule is CCN(CC)CC(=O)N1CCO[C@H](c2nc(N(C)C)ncc2-c2ccc(OC)cc2)C1. The molecule has 0 spiro atoms. The third-order valence-corrected chi connectivity index (χ3v) is 5.58. The van der Waals surface area contributed by atoms with Crippen LogP contribution in [0.5, 0.6) is 5.75 Å². The summed E-state index contributed by atoms with van der Waals surface area (Å²) in [7, 11) is 5.47. The smallest absolute Gasteiger partial charge is 0.236 e. The molecule has 8 nitrogen and oxygen atoms in total. The Morgan fingerprint density at radius 3 is 2.55 bits per heavy atom. The van der Waals surface area contributed by atoms with Crippen molar-refractivity contribution in [1.29, 1.82) is 0 Å². The molecule has 1 saturated heterocycles. The average molecular weight is 428 g/mol. The molecule has 3 rings (SSSR count). The maximum atomic E-state index is 12.9. The van der Waals surface area contributed by atoms with Crippen LogP contribution in [0.4, 0.5) is 5.95 Å². The molecule has 1 fully saturated rings. The van der Waals surface area contributed by atoms with Gasteiger partial charge in [0.15, 0.2) is 0 Å². The first-order valence-corrected chi connectivity index (χ1v) is 10.8. The van der Waals surface area contributed by atoms with Crippen molar-refractivity contribution < 1.29 is 14.3 Å². The lowest BCUT2D eigenvalue weighted by molar-refractivity contribution is -0.140. The fourth-order valence-electron chi connectivity index (χ4n) is 3.62. The average Bonchev–Trinajstić information content (AvgIpc) is 2.82. The van der Waals surface area contributed by atoms with E-state index in [4.69, 9.17) is 14.5 Å². The number of nitrogens with zero attached hydrogens (tertiary/aromatic N) is 5.